The number of para-hydroxylation sites is 1. The van der Waals surface area contributed by atoms with Crippen LogP contribution in [0.2, 0.25) is 0 Å². The lowest BCUT2D eigenvalue weighted by molar-refractivity contribution is -0.210. The van der Waals surface area contributed by atoms with E-state index in [1.807, 2.05) is 32.0 Å². The van der Waals surface area contributed by atoms with Crippen LogP contribution >= 0.6 is 0 Å². The van der Waals surface area contributed by atoms with Gasteiger partial charge in [-0.2, -0.15) is 0 Å². The molecule has 1 saturated heterocycles. The molecule has 1 aliphatic heterocycles. The highest BCUT2D eigenvalue weighted by Crippen LogP contribution is 2.65. The fraction of sp³-hybridized carbons (Fsp3) is 0.517. The highest BCUT2D eigenvalue weighted by molar-refractivity contribution is 5.93. The van der Waals surface area contributed by atoms with E-state index in [4.69, 9.17) is 24.4 Å². The van der Waals surface area contributed by atoms with E-state index in [-0.39, 0.29) is 12.2 Å². The number of cyclic esters (lactones) is 1. The Kier molecular flexibility index (Phi) is 6.36. The second kappa shape index (κ2) is 9.29. The number of hydrogen-bond acceptors (Lipinski definition) is 9. The molecule has 2 aliphatic carbocycles. The minimum atomic E-state index is -1.09. The van der Waals surface area contributed by atoms with Crippen molar-refractivity contribution in [3.05, 3.63) is 42.2 Å². The summed E-state index contributed by atoms with van der Waals surface area (Å²) in [5, 5.41) is 0. The summed E-state index contributed by atoms with van der Waals surface area (Å²) >= 11 is 0. The number of carbonyl (C=O) groups excluding carboxylic acids is 4. The molecule has 9 nitrogen and oxygen atoms in total. The molecule has 1 aromatic heterocycles. The van der Waals surface area contributed by atoms with Gasteiger partial charge in [-0.25, -0.2) is 0 Å². The molecule has 3 aliphatic rings. The van der Waals surface area contributed by atoms with Crippen LogP contribution in [0, 0.1) is 28.6 Å². The summed E-state index contributed by atoms with van der Waals surface area (Å²) in [6, 6.07) is 9.02. The first-order valence-electron chi connectivity index (χ1n) is 12.9. The Morgan fingerprint density at radius 3 is 2.53 bits per heavy atom. The minimum absolute atomic E-state index is 0.0614. The molecule has 0 spiro atoms. The predicted octanol–water partition coefficient (Wildman–Crippen LogP) is 4.25. The van der Waals surface area contributed by atoms with Gasteiger partial charge in [0.15, 0.2) is 11.9 Å². The second-order valence-electron chi connectivity index (χ2n) is 11.3. The average Bonchev–Trinajstić information content (AvgIpc) is 3.34. The second-order valence-corrected chi connectivity index (χ2v) is 11.3. The monoisotopic (exact) mass is 523 g/mol. The van der Waals surface area contributed by atoms with Crippen molar-refractivity contribution >= 4 is 29.4 Å². The molecule has 3 fully saturated rings. The normalized spacial score (nSPS) is 34.5. The number of esters is 3. The molecular formula is C29H33NO8. The molecule has 0 radical (unpaired) electrons. The van der Waals surface area contributed by atoms with E-state index in [9.17, 15) is 19.2 Å². The van der Waals surface area contributed by atoms with Gasteiger partial charge >= 0.3 is 17.9 Å². The van der Waals surface area contributed by atoms with Crippen molar-refractivity contribution in [3.8, 4) is 11.3 Å². The number of furan rings is 1. The summed E-state index contributed by atoms with van der Waals surface area (Å²) in [6.07, 6.45) is 1.07. The number of nitrogens with two attached hydrogens (primary N) is 1. The first-order valence-corrected chi connectivity index (χ1v) is 12.9. The number of methoxy groups -OCH3 is 1. The average molecular weight is 524 g/mol. The number of fused-ring (bicyclic) bond motifs is 3. The lowest BCUT2D eigenvalue weighted by atomic mass is 9.43. The van der Waals surface area contributed by atoms with E-state index in [0.717, 1.165) is 0 Å². The maximum absolute atomic E-state index is 14.0. The van der Waals surface area contributed by atoms with Crippen LogP contribution in [-0.4, -0.2) is 36.9 Å². The third kappa shape index (κ3) is 3.90. The van der Waals surface area contributed by atoms with Gasteiger partial charge in [0.2, 0.25) is 0 Å². The zero-order valence-corrected chi connectivity index (χ0v) is 22.0. The zero-order chi connectivity index (χ0) is 27.4. The van der Waals surface area contributed by atoms with Crippen molar-refractivity contribution < 1.29 is 37.8 Å². The molecule has 2 heterocycles. The zero-order valence-electron chi connectivity index (χ0n) is 22.0. The number of Topliss-reactive ketones (excluding diaryl/α,β-unsaturated/α-hetero) is 1. The Bertz CT molecular complexity index is 1300. The van der Waals surface area contributed by atoms with Crippen LogP contribution in [0.3, 0.4) is 0 Å². The number of ether oxygens (including phenoxy) is 3. The van der Waals surface area contributed by atoms with Crippen LogP contribution in [0.4, 0.5) is 5.69 Å². The largest absolute Gasteiger partial charge is 0.469 e. The lowest BCUT2D eigenvalue weighted by Crippen LogP contribution is -2.64. The molecule has 2 aromatic rings. The third-order valence-corrected chi connectivity index (χ3v) is 9.14. The number of ketones is 1. The van der Waals surface area contributed by atoms with Crippen molar-refractivity contribution in [2.24, 2.45) is 28.6 Å². The van der Waals surface area contributed by atoms with Gasteiger partial charge in [-0.1, -0.05) is 26.0 Å². The van der Waals surface area contributed by atoms with Crippen LogP contribution in [0.5, 0.6) is 0 Å². The Balaban J connectivity index is 1.58. The Hall–Kier alpha value is -3.62. The molecule has 2 saturated carbocycles. The molecule has 5 rings (SSSR count). The highest BCUT2D eigenvalue weighted by Gasteiger charge is 2.68. The Labute approximate surface area is 221 Å². The predicted molar refractivity (Wildman–Crippen MR) is 135 cm³/mol. The summed E-state index contributed by atoms with van der Waals surface area (Å²) in [5.74, 6) is -3.15. The van der Waals surface area contributed by atoms with Gasteiger partial charge in [0.05, 0.1) is 25.2 Å². The van der Waals surface area contributed by atoms with E-state index in [1.165, 1.54) is 20.3 Å². The first-order chi connectivity index (χ1) is 18.0. The van der Waals surface area contributed by atoms with E-state index in [2.05, 4.69) is 0 Å². The van der Waals surface area contributed by atoms with Crippen LogP contribution in [0.25, 0.3) is 11.3 Å². The number of benzene rings is 1. The lowest BCUT2D eigenvalue weighted by Gasteiger charge is -2.61. The van der Waals surface area contributed by atoms with Gasteiger partial charge < -0.3 is 24.4 Å². The summed E-state index contributed by atoms with van der Waals surface area (Å²) in [7, 11) is 1.31. The van der Waals surface area contributed by atoms with Crippen LogP contribution in [0.1, 0.15) is 58.1 Å². The molecule has 0 unspecified atom stereocenters. The molecule has 202 valence electrons. The van der Waals surface area contributed by atoms with Gasteiger partial charge in [0.1, 0.15) is 11.9 Å². The summed E-state index contributed by atoms with van der Waals surface area (Å²) < 4.78 is 22.3. The van der Waals surface area contributed by atoms with Gasteiger partial charge in [-0.3, -0.25) is 19.2 Å². The molecule has 38 heavy (non-hydrogen) atoms. The van der Waals surface area contributed by atoms with E-state index < -0.39 is 58.7 Å². The highest BCUT2D eigenvalue weighted by atomic mass is 16.6. The maximum atomic E-state index is 14.0. The number of hydrogen-bond donors (Lipinski definition) is 1. The topological polar surface area (TPSA) is 135 Å². The third-order valence-electron chi connectivity index (χ3n) is 9.14. The SMILES string of the molecule is COC(=O)[C@@H]1C[C@H](OC(C)=O)C(=O)[C@H]2[C@@]1(C)CC[C@H]1C(=O)O[C@H](c3ccoc3-c3ccccc3N)C[C@]21C. The van der Waals surface area contributed by atoms with Gasteiger partial charge in [0.25, 0.3) is 0 Å². The molecule has 1 aromatic carbocycles. The molecule has 9 heteroatoms. The van der Waals surface area contributed by atoms with E-state index >= 15 is 0 Å². The van der Waals surface area contributed by atoms with Crippen LogP contribution in [-0.2, 0) is 33.4 Å². The molecule has 0 bridgehead atoms. The summed E-state index contributed by atoms with van der Waals surface area (Å²) in [6.45, 7) is 5.08. The fourth-order valence-electron chi connectivity index (χ4n) is 7.49. The van der Waals surface area contributed by atoms with E-state index in [0.29, 0.717) is 41.8 Å². The van der Waals surface area contributed by atoms with Gasteiger partial charge in [-0.05, 0) is 48.3 Å². The van der Waals surface area contributed by atoms with Gasteiger partial charge in [-0.15, -0.1) is 0 Å². The number of anilines is 1. The maximum Gasteiger partial charge on any atom is 0.310 e. The van der Waals surface area contributed by atoms with Crippen LogP contribution < -0.4 is 5.73 Å². The fourth-order valence-corrected chi connectivity index (χ4v) is 7.49. The van der Waals surface area contributed by atoms with Gasteiger partial charge in [0, 0.05) is 36.1 Å². The Morgan fingerprint density at radius 2 is 1.84 bits per heavy atom. The number of carbonyl (C=O) groups is 4. The number of rotatable bonds is 4. The van der Waals surface area contributed by atoms with Crippen molar-refractivity contribution in [1.29, 1.82) is 0 Å². The summed E-state index contributed by atoms with van der Waals surface area (Å²) in [5.41, 5.74) is 6.42. The standard InChI is InChI=1S/C29H33NO8/c1-15(31)37-21-13-19(26(33)35-4)28(2)11-9-18-27(34)38-22(14-29(18,3)25(28)23(21)32)17-10-12-36-24(17)16-7-5-6-8-20(16)30/h5-8,10,12,18-19,21-22,25H,9,11,13-14,30H2,1-4H3/t18-,19-,21-,22-,25-,28-,29-/m0/s1. The molecule has 2 N–H and O–H groups in total. The van der Waals surface area contributed by atoms with Crippen molar-refractivity contribution in [1.82, 2.24) is 0 Å². The van der Waals surface area contributed by atoms with E-state index in [1.54, 1.807) is 12.1 Å². The van der Waals surface area contributed by atoms with Crippen molar-refractivity contribution in [2.75, 3.05) is 12.8 Å². The quantitative estimate of drug-likeness (QED) is 0.354. The first kappa shape index (κ1) is 26.0. The van der Waals surface area contributed by atoms with Crippen LogP contribution in [0.15, 0.2) is 41.0 Å². The molecule has 0 amide bonds. The molecular weight excluding hydrogens is 490 g/mol. The Morgan fingerprint density at radius 1 is 1.11 bits per heavy atom. The van der Waals surface area contributed by atoms with Crippen molar-refractivity contribution in [3.63, 3.8) is 0 Å². The number of nitrogen functional groups attached to an aromatic ring is 1. The minimum Gasteiger partial charge on any atom is -0.469 e. The molecule has 7 atom stereocenters. The smallest absolute Gasteiger partial charge is 0.310 e. The summed E-state index contributed by atoms with van der Waals surface area (Å²) in [4.78, 5) is 52.4. The van der Waals surface area contributed by atoms with Crippen molar-refractivity contribution in [2.45, 2.75) is 58.7 Å².